The summed E-state index contributed by atoms with van der Waals surface area (Å²) in [5.41, 5.74) is 3.36. The number of anilines is 1. The first-order chi connectivity index (χ1) is 10.9. The Balaban J connectivity index is 2.06. The lowest BCUT2D eigenvalue weighted by molar-refractivity contribution is -0.144. The molecule has 0 saturated heterocycles. The molecular formula is C18H19NO4. The molecule has 0 aromatic heterocycles. The average molecular weight is 313 g/mol. The molecule has 5 nitrogen and oxygen atoms in total. The summed E-state index contributed by atoms with van der Waals surface area (Å²) in [6.07, 6.45) is -0.940. The van der Waals surface area contributed by atoms with Crippen LogP contribution in [0.2, 0.25) is 0 Å². The van der Waals surface area contributed by atoms with E-state index >= 15 is 0 Å². The Kier molecular flexibility index (Phi) is 5.01. The molecule has 1 amide bonds. The number of hydrogen-bond acceptors (Lipinski definition) is 3. The summed E-state index contributed by atoms with van der Waals surface area (Å²) in [5.74, 6) is -0.862. The monoisotopic (exact) mass is 313 g/mol. The maximum absolute atomic E-state index is 12.2. The molecule has 5 heteroatoms. The molecule has 0 heterocycles. The van der Waals surface area contributed by atoms with Crippen molar-refractivity contribution in [1.82, 2.24) is 0 Å². The maximum Gasteiger partial charge on any atom is 0.344 e. The maximum atomic E-state index is 12.2. The Morgan fingerprint density at radius 3 is 2.30 bits per heavy atom. The fourth-order valence-electron chi connectivity index (χ4n) is 2.09. The van der Waals surface area contributed by atoms with E-state index < -0.39 is 12.1 Å². The number of carboxylic acids is 1. The highest BCUT2D eigenvalue weighted by Gasteiger charge is 2.13. The van der Waals surface area contributed by atoms with Gasteiger partial charge in [-0.25, -0.2) is 4.79 Å². The van der Waals surface area contributed by atoms with Crippen LogP contribution in [0.5, 0.6) is 5.75 Å². The third-order valence-corrected chi connectivity index (χ3v) is 3.41. The zero-order valence-electron chi connectivity index (χ0n) is 13.3. The smallest absolute Gasteiger partial charge is 0.344 e. The molecule has 1 atom stereocenters. The van der Waals surface area contributed by atoms with Gasteiger partial charge in [0, 0.05) is 11.3 Å². The van der Waals surface area contributed by atoms with Crippen LogP contribution in [-0.4, -0.2) is 23.1 Å². The van der Waals surface area contributed by atoms with Crippen LogP contribution in [0, 0.1) is 13.8 Å². The van der Waals surface area contributed by atoms with Gasteiger partial charge in [0.2, 0.25) is 0 Å². The number of aliphatic carboxylic acids is 1. The first-order valence-corrected chi connectivity index (χ1v) is 7.25. The zero-order valence-corrected chi connectivity index (χ0v) is 13.3. The molecule has 0 saturated carbocycles. The summed E-state index contributed by atoms with van der Waals surface area (Å²) in [5, 5.41) is 11.7. The van der Waals surface area contributed by atoms with Crippen molar-refractivity contribution in [1.29, 1.82) is 0 Å². The van der Waals surface area contributed by atoms with Gasteiger partial charge in [-0.1, -0.05) is 17.7 Å². The van der Waals surface area contributed by atoms with Gasteiger partial charge in [0.25, 0.3) is 5.91 Å². The predicted molar refractivity (Wildman–Crippen MR) is 88.0 cm³/mol. The van der Waals surface area contributed by atoms with Crippen LogP contribution in [-0.2, 0) is 4.79 Å². The van der Waals surface area contributed by atoms with Crippen molar-refractivity contribution in [3.05, 3.63) is 59.2 Å². The molecule has 0 spiro atoms. The number of benzene rings is 2. The number of amides is 1. The van der Waals surface area contributed by atoms with E-state index in [-0.39, 0.29) is 5.91 Å². The molecule has 0 radical (unpaired) electrons. The molecule has 0 aliphatic heterocycles. The molecule has 0 aliphatic carbocycles. The van der Waals surface area contributed by atoms with Crippen molar-refractivity contribution < 1.29 is 19.4 Å². The SMILES string of the molecule is Cc1ccc(NC(=O)c2ccc(O[C@@H](C)C(=O)O)cc2)c(C)c1. The van der Waals surface area contributed by atoms with E-state index in [1.807, 2.05) is 32.0 Å². The van der Waals surface area contributed by atoms with Crippen LogP contribution >= 0.6 is 0 Å². The van der Waals surface area contributed by atoms with Crippen molar-refractivity contribution in [3.63, 3.8) is 0 Å². The van der Waals surface area contributed by atoms with Gasteiger partial charge in [-0.3, -0.25) is 4.79 Å². The number of aryl methyl sites for hydroxylation is 2. The summed E-state index contributed by atoms with van der Waals surface area (Å²) >= 11 is 0. The van der Waals surface area contributed by atoms with E-state index in [1.54, 1.807) is 24.3 Å². The number of rotatable bonds is 5. The summed E-state index contributed by atoms with van der Waals surface area (Å²) in [6, 6.07) is 12.2. The van der Waals surface area contributed by atoms with Gasteiger partial charge in [0.1, 0.15) is 5.75 Å². The summed E-state index contributed by atoms with van der Waals surface area (Å²) in [7, 11) is 0. The number of carbonyl (C=O) groups excluding carboxylic acids is 1. The quantitative estimate of drug-likeness (QED) is 0.887. The Hall–Kier alpha value is -2.82. The largest absolute Gasteiger partial charge is 0.479 e. The Bertz CT molecular complexity index is 722. The van der Waals surface area contributed by atoms with Gasteiger partial charge in [0.15, 0.2) is 6.10 Å². The van der Waals surface area contributed by atoms with E-state index in [2.05, 4.69) is 5.32 Å². The van der Waals surface area contributed by atoms with Gasteiger partial charge < -0.3 is 15.2 Å². The fourth-order valence-corrected chi connectivity index (χ4v) is 2.09. The minimum absolute atomic E-state index is 0.227. The highest BCUT2D eigenvalue weighted by Crippen LogP contribution is 2.19. The van der Waals surface area contributed by atoms with Crippen molar-refractivity contribution >= 4 is 17.6 Å². The third-order valence-electron chi connectivity index (χ3n) is 3.41. The Morgan fingerprint density at radius 2 is 1.74 bits per heavy atom. The highest BCUT2D eigenvalue weighted by atomic mass is 16.5. The fraction of sp³-hybridized carbons (Fsp3) is 0.222. The lowest BCUT2D eigenvalue weighted by Crippen LogP contribution is -2.22. The first-order valence-electron chi connectivity index (χ1n) is 7.25. The summed E-state index contributed by atoms with van der Waals surface area (Å²) < 4.78 is 5.23. The van der Waals surface area contributed by atoms with Crippen LogP contribution in [0.1, 0.15) is 28.4 Å². The van der Waals surface area contributed by atoms with Gasteiger partial charge in [-0.05, 0) is 56.7 Å². The van der Waals surface area contributed by atoms with Crippen molar-refractivity contribution in [2.45, 2.75) is 26.9 Å². The van der Waals surface area contributed by atoms with Crippen LogP contribution in [0.4, 0.5) is 5.69 Å². The second-order valence-corrected chi connectivity index (χ2v) is 5.40. The van der Waals surface area contributed by atoms with Gasteiger partial charge in [-0.2, -0.15) is 0 Å². The van der Waals surface area contributed by atoms with E-state index in [9.17, 15) is 9.59 Å². The first kappa shape index (κ1) is 16.5. The molecule has 0 aliphatic rings. The second-order valence-electron chi connectivity index (χ2n) is 5.40. The van der Waals surface area contributed by atoms with Gasteiger partial charge in [-0.15, -0.1) is 0 Å². The molecular weight excluding hydrogens is 294 g/mol. The summed E-state index contributed by atoms with van der Waals surface area (Å²) in [4.78, 5) is 23.0. The Labute approximate surface area is 134 Å². The van der Waals surface area contributed by atoms with Gasteiger partial charge >= 0.3 is 5.97 Å². The molecule has 23 heavy (non-hydrogen) atoms. The van der Waals surface area contributed by atoms with E-state index in [4.69, 9.17) is 9.84 Å². The molecule has 2 aromatic carbocycles. The molecule has 2 aromatic rings. The normalized spacial score (nSPS) is 11.6. The molecule has 2 N–H and O–H groups in total. The highest BCUT2D eigenvalue weighted by molar-refractivity contribution is 6.04. The molecule has 0 unspecified atom stereocenters. The Morgan fingerprint density at radius 1 is 1.09 bits per heavy atom. The summed E-state index contributed by atoms with van der Waals surface area (Å²) in [6.45, 7) is 5.38. The van der Waals surface area contributed by atoms with E-state index in [0.29, 0.717) is 11.3 Å². The lowest BCUT2D eigenvalue weighted by atomic mass is 10.1. The predicted octanol–water partition coefficient (Wildman–Crippen LogP) is 3.41. The van der Waals surface area contributed by atoms with E-state index in [1.165, 1.54) is 6.92 Å². The van der Waals surface area contributed by atoms with Crippen LogP contribution in [0.3, 0.4) is 0 Å². The van der Waals surface area contributed by atoms with E-state index in [0.717, 1.165) is 16.8 Å². The van der Waals surface area contributed by atoms with Crippen molar-refractivity contribution in [3.8, 4) is 5.75 Å². The number of hydrogen-bond donors (Lipinski definition) is 2. The van der Waals surface area contributed by atoms with Crippen LogP contribution < -0.4 is 10.1 Å². The number of carboxylic acid groups (broad SMARTS) is 1. The standard InChI is InChI=1S/C18H19NO4/c1-11-4-9-16(12(2)10-11)19-17(20)14-5-7-15(8-6-14)23-13(3)18(21)22/h4-10,13H,1-3H3,(H,19,20)(H,21,22)/t13-/m0/s1. The van der Waals surface area contributed by atoms with Crippen molar-refractivity contribution in [2.24, 2.45) is 0 Å². The molecule has 0 bridgehead atoms. The number of nitrogens with one attached hydrogen (secondary N) is 1. The van der Waals surface area contributed by atoms with Gasteiger partial charge in [0.05, 0.1) is 0 Å². The third kappa shape index (κ3) is 4.32. The molecule has 120 valence electrons. The van der Waals surface area contributed by atoms with Crippen LogP contribution in [0.15, 0.2) is 42.5 Å². The lowest BCUT2D eigenvalue weighted by Gasteiger charge is -2.11. The molecule has 0 fully saturated rings. The molecule has 2 rings (SSSR count). The average Bonchev–Trinajstić information content (AvgIpc) is 2.50. The topological polar surface area (TPSA) is 75.6 Å². The zero-order chi connectivity index (χ0) is 17.0. The van der Waals surface area contributed by atoms with Crippen molar-refractivity contribution in [2.75, 3.05) is 5.32 Å². The number of ether oxygens (including phenoxy) is 1. The number of carbonyl (C=O) groups is 2. The second kappa shape index (κ2) is 6.96. The minimum Gasteiger partial charge on any atom is -0.479 e. The minimum atomic E-state index is -1.04. The van der Waals surface area contributed by atoms with Crippen LogP contribution in [0.25, 0.3) is 0 Å².